The molecule has 0 bridgehead atoms. The number of rotatable bonds is 6. The number of aromatic nitrogens is 2. The first-order valence-corrected chi connectivity index (χ1v) is 8.20. The highest BCUT2D eigenvalue weighted by Gasteiger charge is 2.43. The maximum atomic E-state index is 11.9. The SMILES string of the molecule is Cc1ccn(CCC(=O)NCCC23CCCN2CCC3)n1. The molecule has 1 N–H and O–H groups in total. The highest BCUT2D eigenvalue weighted by atomic mass is 16.1. The van der Waals surface area contributed by atoms with E-state index in [0.29, 0.717) is 18.5 Å². The van der Waals surface area contributed by atoms with Crippen LogP contribution in [0.1, 0.15) is 44.2 Å². The van der Waals surface area contributed by atoms with Gasteiger partial charge in [0.25, 0.3) is 0 Å². The first kappa shape index (κ1) is 14.6. The molecule has 2 aliphatic heterocycles. The van der Waals surface area contributed by atoms with Crippen molar-refractivity contribution in [2.45, 2.75) is 57.5 Å². The van der Waals surface area contributed by atoms with Crippen molar-refractivity contribution in [2.24, 2.45) is 0 Å². The number of amides is 1. The summed E-state index contributed by atoms with van der Waals surface area (Å²) in [6.07, 6.45) is 8.83. The standard InChI is InChI=1S/C16H26N4O/c1-14-4-12-20(18-14)13-5-15(21)17-9-8-16-6-2-10-19(16)11-3-7-16/h4,12H,2-3,5-11,13H2,1H3,(H,17,21). The highest BCUT2D eigenvalue weighted by molar-refractivity contribution is 5.75. The Hall–Kier alpha value is -1.36. The zero-order chi connectivity index (χ0) is 14.7. The molecule has 0 aromatic carbocycles. The third-order valence-corrected chi connectivity index (χ3v) is 5.07. The number of carbonyl (C=O) groups is 1. The zero-order valence-corrected chi connectivity index (χ0v) is 13.0. The number of fused-ring (bicyclic) bond motifs is 1. The summed E-state index contributed by atoms with van der Waals surface area (Å²) in [7, 11) is 0. The summed E-state index contributed by atoms with van der Waals surface area (Å²) in [6, 6.07) is 1.96. The van der Waals surface area contributed by atoms with Gasteiger partial charge in [0.15, 0.2) is 0 Å². The molecular formula is C16H26N4O. The van der Waals surface area contributed by atoms with Gasteiger partial charge < -0.3 is 5.32 Å². The van der Waals surface area contributed by atoms with Crippen LogP contribution in [0.5, 0.6) is 0 Å². The lowest BCUT2D eigenvalue weighted by atomic mass is 9.90. The molecule has 1 aromatic heterocycles. The van der Waals surface area contributed by atoms with E-state index in [1.54, 1.807) is 0 Å². The Morgan fingerprint density at radius 1 is 1.38 bits per heavy atom. The van der Waals surface area contributed by atoms with Crippen molar-refractivity contribution in [1.29, 1.82) is 0 Å². The molecule has 21 heavy (non-hydrogen) atoms. The molecule has 5 heteroatoms. The number of hydrogen-bond donors (Lipinski definition) is 1. The Labute approximate surface area is 126 Å². The van der Waals surface area contributed by atoms with Crippen molar-refractivity contribution in [2.75, 3.05) is 19.6 Å². The molecule has 0 spiro atoms. The summed E-state index contributed by atoms with van der Waals surface area (Å²) < 4.78 is 1.84. The molecule has 5 nitrogen and oxygen atoms in total. The molecule has 0 aliphatic carbocycles. The van der Waals surface area contributed by atoms with E-state index in [0.717, 1.165) is 18.7 Å². The van der Waals surface area contributed by atoms with Crippen molar-refractivity contribution in [3.63, 3.8) is 0 Å². The average Bonchev–Trinajstić information content (AvgIpc) is 3.11. The average molecular weight is 290 g/mol. The Balaban J connectivity index is 1.38. The van der Waals surface area contributed by atoms with E-state index in [-0.39, 0.29) is 5.91 Å². The zero-order valence-electron chi connectivity index (χ0n) is 13.0. The van der Waals surface area contributed by atoms with E-state index in [4.69, 9.17) is 0 Å². The third-order valence-electron chi connectivity index (χ3n) is 5.07. The molecule has 1 amide bonds. The Bertz CT molecular complexity index is 486. The van der Waals surface area contributed by atoms with E-state index < -0.39 is 0 Å². The number of hydrogen-bond acceptors (Lipinski definition) is 3. The summed E-state index contributed by atoms with van der Waals surface area (Å²) in [6.45, 7) is 5.95. The van der Waals surface area contributed by atoms with Crippen LogP contribution in [0.25, 0.3) is 0 Å². The fourth-order valence-corrected chi connectivity index (χ4v) is 3.96. The minimum Gasteiger partial charge on any atom is -0.356 e. The van der Waals surface area contributed by atoms with Gasteiger partial charge in [-0.1, -0.05) is 0 Å². The predicted molar refractivity (Wildman–Crippen MR) is 82.0 cm³/mol. The highest BCUT2D eigenvalue weighted by Crippen LogP contribution is 2.40. The van der Waals surface area contributed by atoms with Crippen molar-refractivity contribution >= 4 is 5.91 Å². The molecular weight excluding hydrogens is 264 g/mol. The van der Waals surface area contributed by atoms with Crippen LogP contribution in [-0.2, 0) is 11.3 Å². The number of carbonyl (C=O) groups excluding carboxylic acids is 1. The Kier molecular flexibility index (Phi) is 4.29. The van der Waals surface area contributed by atoms with Gasteiger partial charge in [-0.05, 0) is 58.2 Å². The fourth-order valence-electron chi connectivity index (χ4n) is 3.96. The third kappa shape index (κ3) is 3.28. The van der Waals surface area contributed by atoms with Crippen molar-refractivity contribution in [3.05, 3.63) is 18.0 Å². The minimum absolute atomic E-state index is 0.141. The van der Waals surface area contributed by atoms with Crippen LogP contribution in [0.2, 0.25) is 0 Å². The van der Waals surface area contributed by atoms with Crippen LogP contribution in [0.4, 0.5) is 0 Å². The van der Waals surface area contributed by atoms with Gasteiger partial charge in [0, 0.05) is 31.2 Å². The van der Waals surface area contributed by atoms with E-state index >= 15 is 0 Å². The number of nitrogens with one attached hydrogen (secondary N) is 1. The molecule has 2 fully saturated rings. The van der Waals surface area contributed by atoms with Crippen LogP contribution in [0.15, 0.2) is 12.3 Å². The van der Waals surface area contributed by atoms with Crippen LogP contribution in [0.3, 0.4) is 0 Å². The number of aryl methyl sites for hydroxylation is 2. The Morgan fingerprint density at radius 2 is 2.14 bits per heavy atom. The molecule has 0 unspecified atom stereocenters. The molecule has 0 radical (unpaired) electrons. The molecule has 116 valence electrons. The van der Waals surface area contributed by atoms with Gasteiger partial charge in [0.2, 0.25) is 5.91 Å². The van der Waals surface area contributed by atoms with Crippen molar-refractivity contribution < 1.29 is 4.79 Å². The molecule has 2 aliphatic rings. The van der Waals surface area contributed by atoms with Crippen LogP contribution in [0, 0.1) is 6.92 Å². The van der Waals surface area contributed by atoms with Gasteiger partial charge in [-0.2, -0.15) is 5.10 Å². The van der Waals surface area contributed by atoms with E-state index in [1.165, 1.54) is 38.8 Å². The molecule has 0 atom stereocenters. The monoisotopic (exact) mass is 290 g/mol. The van der Waals surface area contributed by atoms with E-state index in [1.807, 2.05) is 23.9 Å². The van der Waals surface area contributed by atoms with Gasteiger partial charge in [-0.3, -0.25) is 14.4 Å². The van der Waals surface area contributed by atoms with Crippen molar-refractivity contribution in [3.8, 4) is 0 Å². The van der Waals surface area contributed by atoms with Gasteiger partial charge in [0.1, 0.15) is 0 Å². The lowest BCUT2D eigenvalue weighted by molar-refractivity contribution is -0.121. The first-order chi connectivity index (χ1) is 10.2. The summed E-state index contributed by atoms with van der Waals surface area (Å²) in [5.41, 5.74) is 1.41. The summed E-state index contributed by atoms with van der Waals surface area (Å²) in [4.78, 5) is 14.6. The quantitative estimate of drug-likeness (QED) is 0.868. The summed E-state index contributed by atoms with van der Waals surface area (Å²) in [5.74, 6) is 0.141. The topological polar surface area (TPSA) is 50.2 Å². The fraction of sp³-hybridized carbons (Fsp3) is 0.750. The predicted octanol–water partition coefficient (Wildman–Crippen LogP) is 1.72. The second-order valence-electron chi connectivity index (χ2n) is 6.49. The van der Waals surface area contributed by atoms with E-state index in [2.05, 4.69) is 15.3 Å². The Morgan fingerprint density at radius 3 is 2.81 bits per heavy atom. The second-order valence-corrected chi connectivity index (χ2v) is 6.49. The van der Waals surface area contributed by atoms with Gasteiger partial charge in [0.05, 0.1) is 5.69 Å². The molecule has 3 rings (SSSR count). The number of nitrogens with zero attached hydrogens (tertiary/aromatic N) is 3. The van der Waals surface area contributed by atoms with Gasteiger partial charge in [-0.15, -0.1) is 0 Å². The lowest BCUT2D eigenvalue weighted by Crippen LogP contribution is -2.41. The maximum Gasteiger partial charge on any atom is 0.221 e. The van der Waals surface area contributed by atoms with Crippen LogP contribution >= 0.6 is 0 Å². The summed E-state index contributed by atoms with van der Waals surface area (Å²) in [5, 5.41) is 7.39. The molecule has 0 saturated carbocycles. The smallest absolute Gasteiger partial charge is 0.221 e. The second kappa shape index (κ2) is 6.18. The molecule has 2 saturated heterocycles. The van der Waals surface area contributed by atoms with Gasteiger partial charge >= 0.3 is 0 Å². The first-order valence-electron chi connectivity index (χ1n) is 8.20. The van der Waals surface area contributed by atoms with Gasteiger partial charge in [-0.25, -0.2) is 0 Å². The molecule has 1 aromatic rings. The van der Waals surface area contributed by atoms with Crippen molar-refractivity contribution in [1.82, 2.24) is 20.0 Å². The summed E-state index contributed by atoms with van der Waals surface area (Å²) >= 11 is 0. The van der Waals surface area contributed by atoms with Crippen LogP contribution in [-0.4, -0.2) is 45.8 Å². The largest absolute Gasteiger partial charge is 0.356 e. The van der Waals surface area contributed by atoms with E-state index in [9.17, 15) is 4.79 Å². The minimum atomic E-state index is 0.141. The lowest BCUT2D eigenvalue weighted by Gasteiger charge is -2.32. The normalized spacial score (nSPS) is 20.6. The van der Waals surface area contributed by atoms with Crippen LogP contribution < -0.4 is 5.32 Å². The molecule has 3 heterocycles. The maximum absolute atomic E-state index is 11.9.